The van der Waals surface area contributed by atoms with Gasteiger partial charge in [0.25, 0.3) is 0 Å². The number of carbonyl (C=O) groups is 2. The smallest absolute Gasteiger partial charge is 0.338 e. The predicted octanol–water partition coefficient (Wildman–Crippen LogP) is 4.95. The molecule has 0 atom stereocenters. The van der Waals surface area contributed by atoms with Crippen LogP contribution < -0.4 is 0 Å². The Morgan fingerprint density at radius 2 is 0.694 bits per heavy atom. The van der Waals surface area contributed by atoms with E-state index in [0.717, 1.165) is 24.3 Å². The fourth-order valence-electron chi connectivity index (χ4n) is 1.88. The lowest BCUT2D eigenvalue weighted by atomic mass is 10.2. The van der Waals surface area contributed by atoms with Crippen molar-refractivity contribution in [2.45, 2.75) is 0 Å². The van der Waals surface area contributed by atoms with Gasteiger partial charge >= 0.3 is 11.9 Å². The van der Waals surface area contributed by atoms with E-state index in [1.807, 2.05) is 0 Å². The van der Waals surface area contributed by atoms with Gasteiger partial charge in [0.15, 0.2) is 34.5 Å². The van der Waals surface area contributed by atoms with Gasteiger partial charge in [0.1, 0.15) is 13.2 Å². The second kappa shape index (κ2) is 23.1. The Kier molecular flexibility index (Phi) is 24.4. The monoisotopic (exact) mass is 506 g/mol. The molecule has 2 aromatic carbocycles. The highest BCUT2D eigenvalue weighted by atomic mass is 16.6. The molecule has 6 N–H and O–H groups in total. The first-order valence-electron chi connectivity index (χ1n) is 9.54. The highest BCUT2D eigenvalue weighted by Crippen LogP contribution is 2.36. The van der Waals surface area contributed by atoms with Gasteiger partial charge in [0, 0.05) is 0 Å². The molecule has 0 saturated carbocycles. The first kappa shape index (κ1) is 38.2. The highest BCUT2D eigenvalue weighted by molar-refractivity contribution is 5.92. The Balaban J connectivity index is -0.000000456. The molecule has 10 nitrogen and oxygen atoms in total. The van der Waals surface area contributed by atoms with Gasteiger partial charge in [0.05, 0.1) is 11.1 Å². The van der Waals surface area contributed by atoms with Crippen molar-refractivity contribution in [1.82, 2.24) is 0 Å². The molecule has 0 radical (unpaired) electrons. The number of benzene rings is 2. The molecule has 2 aromatic rings. The normalized spacial score (nSPS) is 8.00. The maximum Gasteiger partial charge on any atom is 0.338 e. The van der Waals surface area contributed by atoms with Crippen LogP contribution in [0.4, 0.5) is 0 Å². The van der Waals surface area contributed by atoms with Crippen molar-refractivity contribution in [1.29, 1.82) is 0 Å². The fraction of sp³-hybridized carbons (Fsp3) is 0.0769. The van der Waals surface area contributed by atoms with E-state index in [0.29, 0.717) is 0 Å². The molecule has 0 aliphatic carbocycles. The standard InChI is InChI=1S/C16H14O10.5C2H4/c17-9-3-7(4-10(18)13(9)21)15(23)25-1-2-26-16(24)8-5-11(19)14(22)12(20)6-8;5*1-2/h3-6,17-22H,1-2H2;5*1-2H2. The van der Waals surface area contributed by atoms with Gasteiger partial charge in [0.2, 0.25) is 0 Å². The van der Waals surface area contributed by atoms with Crippen molar-refractivity contribution in [3.05, 3.63) is 101 Å². The van der Waals surface area contributed by atoms with Crippen LogP contribution in [-0.2, 0) is 9.47 Å². The Hall–Kier alpha value is -5.12. The largest absolute Gasteiger partial charge is 0.504 e. The Bertz CT molecular complexity index is 811. The van der Waals surface area contributed by atoms with Crippen molar-refractivity contribution in [2.24, 2.45) is 0 Å². The summed E-state index contributed by atoms with van der Waals surface area (Å²) in [5.41, 5.74) is -0.477. The Labute approximate surface area is 210 Å². The average molecular weight is 507 g/mol. The molecule has 0 aliphatic heterocycles. The van der Waals surface area contributed by atoms with Gasteiger partial charge in [-0.3, -0.25) is 0 Å². The lowest BCUT2D eigenvalue weighted by Gasteiger charge is -2.09. The number of ether oxygens (including phenoxy) is 2. The van der Waals surface area contributed by atoms with Crippen LogP contribution >= 0.6 is 0 Å². The minimum atomic E-state index is -0.952. The van der Waals surface area contributed by atoms with Crippen LogP contribution in [0.2, 0.25) is 0 Å². The van der Waals surface area contributed by atoms with Gasteiger partial charge in [-0.1, -0.05) is 0 Å². The van der Waals surface area contributed by atoms with Gasteiger partial charge in [-0.25, -0.2) is 9.59 Å². The minimum Gasteiger partial charge on any atom is -0.504 e. The van der Waals surface area contributed by atoms with Crippen molar-refractivity contribution >= 4 is 11.9 Å². The van der Waals surface area contributed by atoms with Crippen molar-refractivity contribution in [2.75, 3.05) is 13.2 Å². The number of esters is 2. The number of hydrogen-bond donors (Lipinski definition) is 6. The number of rotatable bonds is 5. The second-order valence-corrected chi connectivity index (χ2v) is 5.00. The zero-order chi connectivity index (χ0) is 29.4. The summed E-state index contributed by atoms with van der Waals surface area (Å²) in [5.74, 6) is -6.32. The summed E-state index contributed by atoms with van der Waals surface area (Å²) in [6.45, 7) is 29.3. The summed E-state index contributed by atoms with van der Waals surface area (Å²) < 4.78 is 9.54. The molecule has 0 amide bonds. The lowest BCUT2D eigenvalue weighted by molar-refractivity contribution is 0.0265. The van der Waals surface area contributed by atoms with Gasteiger partial charge in [-0.15, -0.1) is 65.8 Å². The number of hydrogen-bond acceptors (Lipinski definition) is 10. The topological polar surface area (TPSA) is 174 Å². The van der Waals surface area contributed by atoms with E-state index in [2.05, 4.69) is 65.8 Å². The number of aromatic hydroxyl groups is 6. The van der Waals surface area contributed by atoms with Crippen LogP contribution in [0.5, 0.6) is 34.5 Å². The van der Waals surface area contributed by atoms with E-state index in [1.165, 1.54) is 0 Å². The van der Waals surface area contributed by atoms with E-state index in [4.69, 9.17) is 9.47 Å². The third kappa shape index (κ3) is 12.8. The lowest BCUT2D eigenvalue weighted by Crippen LogP contribution is -2.14. The average Bonchev–Trinajstić information content (AvgIpc) is 2.93. The number of phenols is 6. The molecule has 0 aliphatic rings. The summed E-state index contributed by atoms with van der Waals surface area (Å²) in [6, 6.07) is 3.52. The molecule has 2 rings (SSSR count). The summed E-state index contributed by atoms with van der Waals surface area (Å²) >= 11 is 0. The zero-order valence-electron chi connectivity index (χ0n) is 20.1. The molecule has 0 fully saturated rings. The van der Waals surface area contributed by atoms with Crippen LogP contribution in [0, 0.1) is 0 Å². The molecule has 36 heavy (non-hydrogen) atoms. The van der Waals surface area contributed by atoms with Crippen LogP contribution in [0.15, 0.2) is 90.1 Å². The summed E-state index contributed by atoms with van der Waals surface area (Å²) in [7, 11) is 0. The fourth-order valence-corrected chi connectivity index (χ4v) is 1.88. The van der Waals surface area contributed by atoms with E-state index in [1.54, 1.807) is 0 Å². The van der Waals surface area contributed by atoms with Gasteiger partial charge < -0.3 is 40.1 Å². The molecule has 0 spiro atoms. The van der Waals surface area contributed by atoms with E-state index in [-0.39, 0.29) is 24.3 Å². The van der Waals surface area contributed by atoms with Crippen molar-refractivity contribution in [3.63, 3.8) is 0 Å². The van der Waals surface area contributed by atoms with E-state index >= 15 is 0 Å². The molecule has 10 heteroatoms. The number of phenolic OH excluding ortho intramolecular Hbond substituents is 6. The third-order valence-electron chi connectivity index (χ3n) is 3.16. The predicted molar refractivity (Wildman–Crippen MR) is 140 cm³/mol. The quantitative estimate of drug-likeness (QED) is 0.141. The molecule has 0 aromatic heterocycles. The van der Waals surface area contributed by atoms with Gasteiger partial charge in [-0.05, 0) is 24.3 Å². The van der Waals surface area contributed by atoms with Crippen LogP contribution in [0.3, 0.4) is 0 Å². The Morgan fingerprint density at radius 1 is 0.500 bits per heavy atom. The van der Waals surface area contributed by atoms with Crippen molar-refractivity contribution < 1.29 is 49.7 Å². The molecular formula is C26H34O10. The molecule has 0 saturated heterocycles. The molecular weight excluding hydrogens is 472 g/mol. The highest BCUT2D eigenvalue weighted by Gasteiger charge is 2.16. The first-order chi connectivity index (χ1) is 17.2. The molecule has 0 heterocycles. The SMILES string of the molecule is C=C.C=C.C=C.C=C.C=C.O=C(OCCOC(=O)c1cc(O)c(O)c(O)c1)c1cc(O)c(O)c(O)c1. The van der Waals surface area contributed by atoms with E-state index in [9.17, 15) is 40.2 Å². The van der Waals surface area contributed by atoms with Crippen molar-refractivity contribution in [3.8, 4) is 34.5 Å². The minimum absolute atomic E-state index is 0.238. The van der Waals surface area contributed by atoms with Crippen LogP contribution in [0.1, 0.15) is 20.7 Å². The summed E-state index contributed by atoms with van der Waals surface area (Å²) in [5, 5.41) is 55.7. The van der Waals surface area contributed by atoms with Crippen LogP contribution in [0.25, 0.3) is 0 Å². The summed E-state index contributed by atoms with van der Waals surface area (Å²) in [4.78, 5) is 23.5. The van der Waals surface area contributed by atoms with Crippen LogP contribution in [-0.4, -0.2) is 55.8 Å². The molecule has 0 unspecified atom stereocenters. The number of carbonyl (C=O) groups excluding carboxylic acids is 2. The van der Waals surface area contributed by atoms with Gasteiger partial charge in [-0.2, -0.15) is 0 Å². The molecule has 0 bridgehead atoms. The maximum atomic E-state index is 11.7. The summed E-state index contributed by atoms with van der Waals surface area (Å²) in [6.07, 6.45) is 0. The third-order valence-corrected chi connectivity index (χ3v) is 3.16. The van der Waals surface area contributed by atoms with E-state index < -0.39 is 46.4 Å². The second-order valence-electron chi connectivity index (χ2n) is 5.00. The maximum absolute atomic E-state index is 11.7. The zero-order valence-corrected chi connectivity index (χ0v) is 20.1. The molecule has 198 valence electrons. The first-order valence-corrected chi connectivity index (χ1v) is 9.54. The Morgan fingerprint density at radius 3 is 0.889 bits per heavy atom.